The van der Waals surface area contributed by atoms with Crippen LogP contribution in [-0.4, -0.2) is 11.9 Å². The summed E-state index contributed by atoms with van der Waals surface area (Å²) in [4.78, 5) is 24.4. The monoisotopic (exact) mass is 402 g/mol. The van der Waals surface area contributed by atoms with Crippen LogP contribution in [0.4, 0.5) is 5.69 Å². The number of nitrogens with one attached hydrogen (secondary N) is 1. The molecule has 0 atom stereocenters. The average Bonchev–Trinajstić information content (AvgIpc) is 2.75. The molecule has 29 heavy (non-hydrogen) atoms. The number of hydrogen-bond donors (Lipinski definition) is 1. The third-order valence-corrected chi connectivity index (χ3v) is 4.13. The smallest absolute Gasteiger partial charge is 0.343 e. The van der Waals surface area contributed by atoms with Crippen LogP contribution in [0.15, 0.2) is 84.4 Å². The van der Waals surface area contributed by atoms with E-state index >= 15 is 0 Å². The third kappa shape index (κ3) is 5.55. The Hall–Kier alpha value is -3.88. The molecule has 1 amide bonds. The van der Waals surface area contributed by atoms with Gasteiger partial charge in [0.15, 0.2) is 0 Å². The summed E-state index contributed by atoms with van der Waals surface area (Å²) in [5.41, 5.74) is 1.53. The highest BCUT2D eigenvalue weighted by Crippen LogP contribution is 2.18. The van der Waals surface area contributed by atoms with Crippen molar-refractivity contribution in [2.24, 2.45) is 0 Å². The van der Waals surface area contributed by atoms with Crippen LogP contribution in [0.1, 0.15) is 15.9 Å². The lowest BCUT2D eigenvalue weighted by molar-refractivity contribution is -0.112. The van der Waals surface area contributed by atoms with Crippen LogP contribution >= 0.6 is 11.6 Å². The summed E-state index contributed by atoms with van der Waals surface area (Å²) in [7, 11) is 0. The number of benzene rings is 3. The zero-order valence-electron chi connectivity index (χ0n) is 15.1. The first kappa shape index (κ1) is 19.9. The van der Waals surface area contributed by atoms with Gasteiger partial charge in [-0.05, 0) is 60.2 Å². The summed E-state index contributed by atoms with van der Waals surface area (Å²) >= 11 is 5.82. The highest BCUT2D eigenvalue weighted by molar-refractivity contribution is 6.30. The summed E-state index contributed by atoms with van der Waals surface area (Å²) in [6.45, 7) is 0. The first-order valence-electron chi connectivity index (χ1n) is 8.61. The fourth-order valence-electron chi connectivity index (χ4n) is 2.42. The minimum absolute atomic E-state index is 0.0611. The van der Waals surface area contributed by atoms with Crippen LogP contribution in [0.2, 0.25) is 5.02 Å². The molecule has 3 aromatic carbocycles. The second-order valence-electron chi connectivity index (χ2n) is 5.96. The molecule has 0 aliphatic rings. The van der Waals surface area contributed by atoms with Gasteiger partial charge in [0.2, 0.25) is 0 Å². The molecule has 0 fully saturated rings. The zero-order chi connectivity index (χ0) is 20.6. The topological polar surface area (TPSA) is 79.2 Å². The van der Waals surface area contributed by atoms with Crippen molar-refractivity contribution < 1.29 is 14.3 Å². The van der Waals surface area contributed by atoms with Crippen LogP contribution in [0.5, 0.6) is 5.75 Å². The van der Waals surface area contributed by atoms with Crippen molar-refractivity contribution in [3.63, 3.8) is 0 Å². The standard InChI is InChI=1S/C23H15ClN2O3/c24-19-8-10-20(11-9-19)26-22(27)18(15-25)14-16-6-12-21(13-7-16)29-23(28)17-4-2-1-3-5-17/h1-14H,(H,26,27)/b18-14+. The molecule has 0 saturated heterocycles. The number of amides is 1. The molecule has 0 heterocycles. The third-order valence-electron chi connectivity index (χ3n) is 3.88. The molecule has 3 rings (SSSR count). The fraction of sp³-hybridized carbons (Fsp3) is 0. The van der Waals surface area contributed by atoms with Crippen molar-refractivity contribution in [3.05, 3.63) is 101 Å². The van der Waals surface area contributed by atoms with Crippen LogP contribution in [-0.2, 0) is 4.79 Å². The maximum atomic E-state index is 12.3. The molecular weight excluding hydrogens is 388 g/mol. The summed E-state index contributed by atoms with van der Waals surface area (Å²) in [6, 6.07) is 23.6. The van der Waals surface area contributed by atoms with Crippen LogP contribution in [0.3, 0.4) is 0 Å². The normalized spacial score (nSPS) is 10.7. The van der Waals surface area contributed by atoms with Gasteiger partial charge in [-0.3, -0.25) is 4.79 Å². The second-order valence-corrected chi connectivity index (χ2v) is 6.39. The van der Waals surface area contributed by atoms with E-state index in [-0.39, 0.29) is 5.57 Å². The van der Waals surface area contributed by atoms with E-state index in [1.165, 1.54) is 6.08 Å². The van der Waals surface area contributed by atoms with E-state index in [0.717, 1.165) is 0 Å². The lowest BCUT2D eigenvalue weighted by Crippen LogP contribution is -2.13. The van der Waals surface area contributed by atoms with Gasteiger partial charge < -0.3 is 10.1 Å². The Labute approximate surface area is 172 Å². The van der Waals surface area contributed by atoms with Gasteiger partial charge in [-0.1, -0.05) is 41.9 Å². The Bertz CT molecular complexity index is 1080. The molecule has 0 unspecified atom stereocenters. The number of anilines is 1. The second kappa shape index (κ2) is 9.36. The van der Waals surface area contributed by atoms with Crippen LogP contribution in [0, 0.1) is 11.3 Å². The SMILES string of the molecule is N#C/C(=C\c1ccc(OC(=O)c2ccccc2)cc1)C(=O)Nc1ccc(Cl)cc1. The first-order valence-corrected chi connectivity index (χ1v) is 8.99. The molecular formula is C23H15ClN2O3. The van der Waals surface area contributed by atoms with Crippen molar-refractivity contribution >= 4 is 35.2 Å². The van der Waals surface area contributed by atoms with Crippen LogP contribution < -0.4 is 10.1 Å². The van der Waals surface area contributed by atoms with Crippen molar-refractivity contribution in [2.75, 3.05) is 5.32 Å². The quantitative estimate of drug-likeness (QED) is 0.278. The molecule has 0 bridgehead atoms. The molecule has 1 N–H and O–H groups in total. The van der Waals surface area contributed by atoms with Gasteiger partial charge in [0.1, 0.15) is 17.4 Å². The minimum Gasteiger partial charge on any atom is -0.423 e. The molecule has 5 nitrogen and oxygen atoms in total. The van der Waals surface area contributed by atoms with E-state index in [1.54, 1.807) is 72.8 Å². The molecule has 0 aromatic heterocycles. The summed E-state index contributed by atoms with van der Waals surface area (Å²) < 4.78 is 5.31. The van der Waals surface area contributed by atoms with Crippen molar-refractivity contribution in [1.29, 1.82) is 5.26 Å². The van der Waals surface area contributed by atoms with Gasteiger partial charge in [0.25, 0.3) is 5.91 Å². The van der Waals surface area contributed by atoms with E-state index in [2.05, 4.69) is 5.32 Å². The van der Waals surface area contributed by atoms with Gasteiger partial charge in [-0.2, -0.15) is 5.26 Å². The number of ether oxygens (including phenoxy) is 1. The molecule has 0 radical (unpaired) electrons. The molecule has 6 heteroatoms. The van der Waals surface area contributed by atoms with Crippen molar-refractivity contribution in [2.45, 2.75) is 0 Å². The number of halogens is 1. The van der Waals surface area contributed by atoms with Crippen molar-refractivity contribution in [3.8, 4) is 11.8 Å². The Morgan fingerprint density at radius 3 is 2.21 bits per heavy atom. The van der Waals surface area contributed by atoms with Gasteiger partial charge >= 0.3 is 5.97 Å². The Morgan fingerprint density at radius 2 is 1.59 bits per heavy atom. The number of nitrogens with zero attached hydrogens (tertiary/aromatic N) is 1. The molecule has 0 spiro atoms. The predicted molar refractivity (Wildman–Crippen MR) is 112 cm³/mol. The number of carbonyl (C=O) groups excluding carboxylic acids is 2. The lowest BCUT2D eigenvalue weighted by atomic mass is 10.1. The number of hydrogen-bond acceptors (Lipinski definition) is 4. The van der Waals surface area contributed by atoms with Gasteiger partial charge in [0, 0.05) is 10.7 Å². The number of carbonyl (C=O) groups is 2. The zero-order valence-corrected chi connectivity index (χ0v) is 15.9. The highest BCUT2D eigenvalue weighted by Gasteiger charge is 2.10. The maximum Gasteiger partial charge on any atom is 0.343 e. The van der Waals surface area contributed by atoms with Gasteiger partial charge in [-0.15, -0.1) is 0 Å². The molecule has 0 aliphatic carbocycles. The molecule has 0 aliphatic heterocycles. The van der Waals surface area contributed by atoms with E-state index in [4.69, 9.17) is 16.3 Å². The molecule has 142 valence electrons. The van der Waals surface area contributed by atoms with E-state index in [0.29, 0.717) is 27.6 Å². The van der Waals surface area contributed by atoms with E-state index < -0.39 is 11.9 Å². The molecule has 0 saturated carbocycles. The lowest BCUT2D eigenvalue weighted by Gasteiger charge is -2.06. The van der Waals surface area contributed by atoms with Crippen molar-refractivity contribution in [1.82, 2.24) is 0 Å². The Balaban J connectivity index is 1.68. The van der Waals surface area contributed by atoms with Gasteiger partial charge in [-0.25, -0.2) is 4.79 Å². The van der Waals surface area contributed by atoms with Crippen LogP contribution in [0.25, 0.3) is 6.08 Å². The largest absolute Gasteiger partial charge is 0.423 e. The number of rotatable bonds is 5. The summed E-state index contributed by atoms with van der Waals surface area (Å²) in [5.74, 6) is -0.636. The predicted octanol–water partition coefficient (Wildman–Crippen LogP) is 5.10. The Kier molecular flexibility index (Phi) is 6.41. The Morgan fingerprint density at radius 1 is 0.931 bits per heavy atom. The fourth-order valence-corrected chi connectivity index (χ4v) is 2.55. The highest BCUT2D eigenvalue weighted by atomic mass is 35.5. The van der Waals surface area contributed by atoms with E-state index in [9.17, 15) is 14.9 Å². The number of esters is 1. The summed E-state index contributed by atoms with van der Waals surface area (Å²) in [5, 5.41) is 12.5. The van der Waals surface area contributed by atoms with Gasteiger partial charge in [0.05, 0.1) is 5.56 Å². The number of nitriles is 1. The average molecular weight is 403 g/mol. The molecule has 3 aromatic rings. The minimum atomic E-state index is -0.533. The summed E-state index contributed by atoms with van der Waals surface area (Å²) in [6.07, 6.45) is 1.45. The maximum absolute atomic E-state index is 12.3. The first-order chi connectivity index (χ1) is 14.0. The van der Waals surface area contributed by atoms with E-state index in [1.807, 2.05) is 12.1 Å².